The molecule has 7 heterocycles. The second-order valence-electron chi connectivity index (χ2n) is 37.6. The van der Waals surface area contributed by atoms with Crippen LogP contribution in [0.2, 0.25) is 0 Å². The lowest BCUT2D eigenvalue weighted by Gasteiger charge is -2.33. The molecule has 0 aliphatic carbocycles. The molecule has 19 amide bonds. The van der Waals surface area contributed by atoms with Gasteiger partial charge in [0.1, 0.15) is 90.3 Å². The molecule has 0 radical (unpaired) electrons. The largest absolute Gasteiger partial charge is 0.508 e. The van der Waals surface area contributed by atoms with Crippen LogP contribution >= 0.6 is 35.3 Å². The summed E-state index contributed by atoms with van der Waals surface area (Å²) in [6.45, 7) is 7.94. The van der Waals surface area contributed by atoms with E-state index in [2.05, 4.69) is 74.4 Å². The number of primary amides is 2. The van der Waals surface area contributed by atoms with Gasteiger partial charge in [-0.25, -0.2) is 0 Å². The Morgan fingerprint density at radius 1 is 0.414 bits per heavy atom. The Labute approximate surface area is 845 Å². The van der Waals surface area contributed by atoms with Crippen molar-refractivity contribution in [1.82, 2.24) is 89.1 Å². The van der Waals surface area contributed by atoms with Crippen molar-refractivity contribution in [3.63, 3.8) is 0 Å². The van der Waals surface area contributed by atoms with Crippen molar-refractivity contribution in [3.8, 4) is 5.75 Å². The van der Waals surface area contributed by atoms with E-state index in [9.17, 15) is 112 Å². The van der Waals surface area contributed by atoms with Crippen molar-refractivity contribution in [1.29, 1.82) is 0 Å². The van der Waals surface area contributed by atoms with Gasteiger partial charge in [0.2, 0.25) is 112 Å². The summed E-state index contributed by atoms with van der Waals surface area (Å²) in [5.74, 6) is -28.4. The van der Waals surface area contributed by atoms with E-state index >= 15 is 24.0 Å². The summed E-state index contributed by atoms with van der Waals surface area (Å²) in [5, 5.41) is 86.2. The van der Waals surface area contributed by atoms with Gasteiger partial charge >= 0.3 is 23.9 Å². The quantitative estimate of drug-likeness (QED) is 0.0347. The number of nitrogens with two attached hydrogens (primary N) is 3. The molecule has 0 saturated carbocycles. The maximum atomic E-state index is 15.3. The fourth-order valence-electron chi connectivity index (χ4n) is 17.3. The molecule has 7 fully saturated rings. The summed E-state index contributed by atoms with van der Waals surface area (Å²) in [7, 11) is 0. The highest BCUT2D eigenvalue weighted by Gasteiger charge is 2.69. The fraction of sp³-hybridized carbons (Fsp3) is 0.521. The predicted molar refractivity (Wildman–Crippen MR) is 523 cm³/mol. The van der Waals surface area contributed by atoms with Gasteiger partial charge in [-0.2, -0.15) is 35.3 Å². The molecule has 11 rings (SSSR count). The van der Waals surface area contributed by atoms with Gasteiger partial charge in [-0.05, 0) is 78.6 Å². The van der Waals surface area contributed by atoms with E-state index in [1.54, 1.807) is 63.2 Å². The number of thioether (sulfide) groups is 3. The molecule has 6 bridgehead atoms. The lowest BCUT2D eigenvalue weighted by atomic mass is 9.71. The van der Waals surface area contributed by atoms with E-state index in [0.717, 1.165) is 42.2 Å². The molecule has 48 nitrogen and oxygen atoms in total. The Morgan fingerprint density at radius 2 is 0.800 bits per heavy atom. The lowest BCUT2D eigenvalue weighted by Crippen LogP contribution is -2.62. The van der Waals surface area contributed by atoms with Crippen LogP contribution < -0.4 is 91.6 Å². The Morgan fingerprint density at radius 3 is 1.27 bits per heavy atom. The van der Waals surface area contributed by atoms with Gasteiger partial charge in [-0.1, -0.05) is 106 Å². The van der Waals surface area contributed by atoms with E-state index in [1.807, 2.05) is 0 Å². The number of rotatable bonds is 21. The Kier molecular flexibility index (Phi) is 41.3. The molecule has 7 saturated heterocycles. The summed E-state index contributed by atoms with van der Waals surface area (Å²) in [4.78, 5) is 331. The minimum atomic E-state index is -2.27. The Balaban J connectivity index is 1.12. The first-order valence-electron chi connectivity index (χ1n) is 46.7. The number of hydrogen-bond donors (Lipinski definition) is 22. The van der Waals surface area contributed by atoms with Crippen molar-refractivity contribution in [3.05, 3.63) is 114 Å². The number of aliphatic carboxylic acids is 4. The van der Waals surface area contributed by atoms with E-state index in [4.69, 9.17) is 17.2 Å². The zero-order valence-electron chi connectivity index (χ0n) is 80.5. The molecule has 0 aromatic heterocycles. The monoisotopic (exact) mass is 2080 g/mol. The van der Waals surface area contributed by atoms with Crippen molar-refractivity contribution >= 4 is 182 Å². The Hall–Kier alpha value is -14.2. The van der Waals surface area contributed by atoms with Crippen LogP contribution in [0.5, 0.6) is 5.75 Å². The number of phenolic OH excluding ortho intramolecular Hbond substituents is 1. The van der Waals surface area contributed by atoms with Crippen LogP contribution in [0.3, 0.4) is 0 Å². The van der Waals surface area contributed by atoms with Gasteiger partial charge < -0.3 is 132 Å². The number of phenols is 1. The minimum Gasteiger partial charge on any atom is -0.508 e. The number of fused-ring (bicyclic) bond motifs is 48. The summed E-state index contributed by atoms with van der Waals surface area (Å²) in [6.07, 6.45) is -9.01. The molecule has 145 heavy (non-hydrogen) atoms. The van der Waals surface area contributed by atoms with Crippen molar-refractivity contribution in [2.75, 3.05) is 73.8 Å². The van der Waals surface area contributed by atoms with Crippen LogP contribution in [0.25, 0.3) is 10.8 Å². The zero-order chi connectivity index (χ0) is 107. The van der Waals surface area contributed by atoms with Crippen LogP contribution in [0.15, 0.2) is 97.1 Å². The average Bonchev–Trinajstić information content (AvgIpc) is 1.52. The molecular weight excluding hydrogens is 1950 g/mol. The molecule has 7 aliphatic heterocycles. The van der Waals surface area contributed by atoms with Gasteiger partial charge in [0, 0.05) is 136 Å². The summed E-state index contributed by atoms with van der Waals surface area (Å²) in [5.41, 5.74) is 14.9. The lowest BCUT2D eigenvalue weighted by molar-refractivity contribution is -0.142. The van der Waals surface area contributed by atoms with Gasteiger partial charge in [-0.15, -0.1) is 0 Å². The standard InChI is InChI=1S/C94H124N20O28S3/c1-48(95)78(129)109-66-40-144-31-28-70(118)113-44-93-42-112-43-94(93,45-113)47-114(46-93)71(119)29-32-145-41-67(110-80(131)50(3)98-83(134)61(35-54-17-12-16-53-15-10-11-18-56(53)54)105-81(132)57(23-25-72(120)121)100-86(137)62(36-68(96)116)102-79(130)49(2)99-89(66)140)90(141)101-58(24-26-73(122)123)82(133)106-63(37-74(124)125)87(138)104-59(33-51-13-8-7-9-14-51)84(135)103-60(34-52-19-21-55(115)22-20-52)85(136)107-64(38-75(126)127)88(139)111-76(92(4,5)6)91(142)108-65(77(97)128)39-143-30-27-69(112)117/h7-22,48-50,57-67,76,115H,23-47,95H2,1-6H3,(H2,96,116)(H2,97,128)(H,98,134)(H,99,140)(H,100,137)(H,101,141)(H,102,130)(H,103,135)(H,104,138)(H,105,132)(H,106,133)(H,107,136)(H,108,142)(H,109,129)(H,110,131)(H,111,139)(H,120,121)(H,122,123)(H,124,125)(H,126,127)/t48-,49+,50+,57-,58-,59-,60-,61-,62-,63-,64-,65-,66-,67-,76+,93?,94?/m0/s1. The number of amides is 19. The second kappa shape index (κ2) is 52.3. The number of aromatic hydroxyl groups is 1. The van der Waals surface area contributed by atoms with E-state index in [-0.39, 0.29) is 98.6 Å². The van der Waals surface area contributed by atoms with Crippen molar-refractivity contribution < 1.29 is 136 Å². The number of carbonyl (C=O) groups excluding carboxylic acids is 19. The van der Waals surface area contributed by atoms with E-state index in [1.165, 1.54) is 83.1 Å². The molecule has 2 spiro atoms. The number of hydrogen-bond acceptors (Lipinski definition) is 28. The maximum absolute atomic E-state index is 15.3. The zero-order valence-corrected chi connectivity index (χ0v) is 82.9. The highest BCUT2D eigenvalue weighted by molar-refractivity contribution is 7.99. The van der Waals surface area contributed by atoms with Gasteiger partial charge in [-0.3, -0.25) is 110 Å². The number of carboxylic acids is 4. The van der Waals surface area contributed by atoms with Crippen LogP contribution in [0.1, 0.15) is 122 Å². The minimum absolute atomic E-state index is 0.00116. The molecule has 51 heteroatoms. The van der Waals surface area contributed by atoms with Crippen LogP contribution in [-0.4, -0.2) is 341 Å². The molecule has 4 aromatic rings. The molecule has 786 valence electrons. The third kappa shape index (κ3) is 33.2. The number of carbonyl (C=O) groups is 23. The van der Waals surface area contributed by atoms with E-state index in [0.29, 0.717) is 21.9 Å². The predicted octanol–water partition coefficient (Wildman–Crippen LogP) is -5.27. The van der Waals surface area contributed by atoms with Gasteiger partial charge in [0.25, 0.3) is 0 Å². The second-order valence-corrected chi connectivity index (χ2v) is 41.0. The summed E-state index contributed by atoms with van der Waals surface area (Å²) in [6, 6.07) is -2.56. The molecule has 2 unspecified atom stereocenters. The topological polar surface area (TPSA) is 750 Å². The van der Waals surface area contributed by atoms with E-state index < -0.39 is 313 Å². The smallest absolute Gasteiger partial charge is 0.305 e. The molecule has 25 N–H and O–H groups in total. The van der Waals surface area contributed by atoms with Crippen LogP contribution in [0.4, 0.5) is 0 Å². The molecule has 7 aliphatic rings. The molecule has 17 atom stereocenters. The van der Waals surface area contributed by atoms with Gasteiger partial charge in [0.05, 0.1) is 25.3 Å². The highest BCUT2D eigenvalue weighted by Crippen LogP contribution is 2.57. The fourth-order valence-corrected chi connectivity index (χ4v) is 20.2. The third-order valence-electron chi connectivity index (χ3n) is 25.1. The molecular formula is C94H124N20O28S3. The number of nitrogens with zero attached hydrogens (tertiary/aromatic N) is 3. The number of nitrogens with one attached hydrogen (secondary N) is 14. The first-order valence-corrected chi connectivity index (χ1v) is 50.2. The normalized spacial score (nSPS) is 26.8. The molecule has 4 aromatic carbocycles. The maximum Gasteiger partial charge on any atom is 0.305 e. The first-order chi connectivity index (χ1) is 68.4. The third-order valence-corrected chi connectivity index (χ3v) is 28.3. The van der Waals surface area contributed by atoms with Gasteiger partial charge in [0.15, 0.2) is 0 Å². The van der Waals surface area contributed by atoms with Crippen LogP contribution in [-0.2, 0) is 130 Å². The average molecular weight is 2080 g/mol. The Bertz CT molecular complexity index is 5520. The number of benzene rings is 4. The SMILES string of the molecule is C[C@H](N)C(=O)N[C@H]1CSCCC(=O)N2CC34CN5CC3(C2)CN(C4)C(=O)CCSC[C@H](NC(=O)[C@@H](C)NC(=O)[C@H](Cc2cccc3ccccc23)NC(=O)[C@H](CCC(=O)O)NC(=O)[C@H](CC(N)=O)NC(=O)[C@@H](C)NC1=O)C(=O)N[C@@H](CCC(=O)O)C(=O)N[C@@H](CC(=O)O)C(=O)N[C@@H](Cc1ccccc1)C(=O)N[C@@H](Cc1ccc(O)cc1)C(=O)N[C@@H](CC(=O)O)C(=O)N[C@@H](C(C)(C)C)C(=O)N[C@H](C(N)=O)CSCCC5=O. The van der Waals surface area contributed by atoms with Crippen molar-refractivity contribution in [2.24, 2.45) is 33.4 Å². The summed E-state index contributed by atoms with van der Waals surface area (Å²) >= 11 is 2.93. The highest BCUT2D eigenvalue weighted by atomic mass is 32.2. The number of carboxylic acid groups (broad SMARTS) is 4. The van der Waals surface area contributed by atoms with Crippen LogP contribution in [0, 0.1) is 16.2 Å². The first kappa shape index (κ1) is 114. The summed E-state index contributed by atoms with van der Waals surface area (Å²) < 4.78 is 0. The van der Waals surface area contributed by atoms with Crippen molar-refractivity contribution in [2.45, 2.75) is 216 Å².